The summed E-state index contributed by atoms with van der Waals surface area (Å²) in [4.78, 5) is 25.2. The summed E-state index contributed by atoms with van der Waals surface area (Å²) in [5.41, 5.74) is 1.71. The molecule has 4 fully saturated rings. The van der Waals surface area contributed by atoms with Crippen LogP contribution in [0.3, 0.4) is 0 Å². The number of benzene rings is 1. The molecule has 1 aromatic carbocycles. The van der Waals surface area contributed by atoms with Gasteiger partial charge in [0.15, 0.2) is 5.82 Å². The van der Waals surface area contributed by atoms with Gasteiger partial charge in [-0.3, -0.25) is 4.79 Å². The molecule has 2 bridgehead atoms. The van der Waals surface area contributed by atoms with E-state index in [2.05, 4.69) is 20.5 Å². The molecule has 0 spiro atoms. The van der Waals surface area contributed by atoms with E-state index in [0.717, 1.165) is 24.6 Å². The number of hydrogen-bond donors (Lipinski definition) is 3. The first-order chi connectivity index (χ1) is 21.2. The molecule has 5 heterocycles. The summed E-state index contributed by atoms with van der Waals surface area (Å²) < 4.78 is 40.8. The predicted octanol–water partition coefficient (Wildman–Crippen LogP) is 4.94. The van der Waals surface area contributed by atoms with Crippen molar-refractivity contribution in [2.24, 2.45) is 11.8 Å². The first-order valence-electron chi connectivity index (χ1n) is 15.5. The number of piperidine rings is 1. The number of morpholine rings is 1. The van der Waals surface area contributed by atoms with E-state index < -0.39 is 5.92 Å². The molecule has 5 aliphatic rings. The average molecular weight is 629 g/mol. The number of aliphatic hydroxyl groups excluding tert-OH is 1. The van der Waals surface area contributed by atoms with E-state index >= 15 is 0 Å². The van der Waals surface area contributed by atoms with E-state index in [1.54, 1.807) is 10.8 Å². The van der Waals surface area contributed by atoms with Crippen LogP contribution in [-0.2, 0) is 11.3 Å². The Morgan fingerprint density at radius 1 is 1.16 bits per heavy atom. The lowest BCUT2D eigenvalue weighted by Gasteiger charge is -2.47. The molecule has 2 unspecified atom stereocenters. The Morgan fingerprint density at radius 3 is 2.66 bits per heavy atom. The Bertz CT molecular complexity index is 1650. The molecule has 3 aromatic rings. The van der Waals surface area contributed by atoms with Gasteiger partial charge in [0.25, 0.3) is 5.56 Å². The van der Waals surface area contributed by atoms with E-state index in [1.165, 1.54) is 0 Å². The maximum absolute atomic E-state index is 13.8. The first kappa shape index (κ1) is 28.3. The number of alkyl halides is 2. The third-order valence-electron chi connectivity index (χ3n) is 9.76. The largest absolute Gasteiger partial charge is 0.486 e. The maximum atomic E-state index is 13.8. The summed E-state index contributed by atoms with van der Waals surface area (Å²) in [6, 6.07) is 5.76. The minimum atomic E-state index is -2.67. The molecule has 44 heavy (non-hydrogen) atoms. The fourth-order valence-electron chi connectivity index (χ4n) is 7.46. The minimum absolute atomic E-state index is 0.0273. The molecular formula is C31H35ClF2N6O4. The second-order valence-corrected chi connectivity index (χ2v) is 13.5. The van der Waals surface area contributed by atoms with Crippen LogP contribution in [-0.4, -0.2) is 69.6 Å². The molecule has 0 amide bonds. The average Bonchev–Trinajstić information content (AvgIpc) is 3.82. The zero-order valence-corrected chi connectivity index (χ0v) is 24.9. The van der Waals surface area contributed by atoms with E-state index in [0.29, 0.717) is 72.3 Å². The Hall–Kier alpha value is -3.22. The normalized spacial score (nSPS) is 28.0. The van der Waals surface area contributed by atoms with Crippen LogP contribution < -0.4 is 25.8 Å². The lowest BCUT2D eigenvalue weighted by Crippen LogP contribution is -2.59. The van der Waals surface area contributed by atoms with Crippen molar-refractivity contribution in [1.82, 2.24) is 14.5 Å². The van der Waals surface area contributed by atoms with Gasteiger partial charge < -0.3 is 34.7 Å². The number of rotatable bonds is 6. The minimum Gasteiger partial charge on any atom is -0.486 e. The second kappa shape index (κ2) is 10.7. The predicted molar refractivity (Wildman–Crippen MR) is 163 cm³/mol. The molecule has 2 saturated carbocycles. The van der Waals surface area contributed by atoms with Crippen LogP contribution in [0, 0.1) is 11.8 Å². The summed E-state index contributed by atoms with van der Waals surface area (Å²) in [6.07, 6.45) is 4.98. The highest BCUT2D eigenvalue weighted by molar-refractivity contribution is 6.33. The summed E-state index contributed by atoms with van der Waals surface area (Å²) in [6.45, 7) is 1.61. The molecule has 234 valence electrons. The molecular weight excluding hydrogens is 594 g/mol. The topological polar surface area (TPSA) is 114 Å². The number of hydrogen-bond acceptors (Lipinski definition) is 9. The van der Waals surface area contributed by atoms with Crippen molar-refractivity contribution in [3.63, 3.8) is 0 Å². The van der Waals surface area contributed by atoms with Crippen LogP contribution in [0.5, 0.6) is 5.75 Å². The molecule has 3 atom stereocenters. The Labute approximate surface area is 257 Å². The molecule has 3 aliphatic heterocycles. The number of nitrogens with zero attached hydrogens (tertiary/aromatic N) is 4. The molecule has 0 radical (unpaired) electrons. The monoisotopic (exact) mass is 628 g/mol. The number of fused-ring (bicyclic) bond motifs is 5. The number of aliphatic hydroxyl groups is 1. The third kappa shape index (κ3) is 5.14. The van der Waals surface area contributed by atoms with Crippen LogP contribution in [0.2, 0.25) is 5.02 Å². The highest BCUT2D eigenvalue weighted by Gasteiger charge is 2.46. The van der Waals surface area contributed by atoms with E-state index in [4.69, 9.17) is 26.1 Å². The van der Waals surface area contributed by atoms with Crippen molar-refractivity contribution >= 4 is 45.6 Å². The summed E-state index contributed by atoms with van der Waals surface area (Å²) >= 11 is 6.58. The lowest BCUT2D eigenvalue weighted by molar-refractivity contribution is -0.114. The van der Waals surface area contributed by atoms with Gasteiger partial charge in [-0.2, -0.15) is 4.98 Å². The third-order valence-corrected chi connectivity index (χ3v) is 10.0. The van der Waals surface area contributed by atoms with Crippen molar-refractivity contribution in [3.8, 4) is 5.75 Å². The van der Waals surface area contributed by atoms with Crippen molar-refractivity contribution in [3.05, 3.63) is 39.8 Å². The molecule has 2 aromatic heterocycles. The zero-order chi connectivity index (χ0) is 30.2. The van der Waals surface area contributed by atoms with Crippen LogP contribution >= 0.6 is 11.6 Å². The summed E-state index contributed by atoms with van der Waals surface area (Å²) in [5, 5.41) is 18.4. The highest BCUT2D eigenvalue weighted by atomic mass is 35.5. The Balaban J connectivity index is 1.16. The van der Waals surface area contributed by atoms with Gasteiger partial charge in [-0.1, -0.05) is 11.6 Å². The van der Waals surface area contributed by atoms with Crippen molar-refractivity contribution in [1.29, 1.82) is 0 Å². The van der Waals surface area contributed by atoms with Gasteiger partial charge in [-0.25, -0.2) is 13.8 Å². The molecule has 3 N–H and O–H groups in total. The SMILES string of the molecule is O=c1c2c(c3cc(Nc4nc(N5C6COCC5CC(O)C6)ncc4Cl)ccc3n1CC1CC(F)(F)C1)N[C@@H](C1CC1)CCO2. The molecule has 10 nitrogen and oxygen atoms in total. The number of aromatic nitrogens is 3. The smallest absolute Gasteiger partial charge is 0.295 e. The number of halogens is 3. The van der Waals surface area contributed by atoms with E-state index in [9.17, 15) is 18.7 Å². The van der Waals surface area contributed by atoms with Gasteiger partial charge in [0, 0.05) is 42.9 Å². The molecule has 2 saturated heterocycles. The summed E-state index contributed by atoms with van der Waals surface area (Å²) in [5.74, 6) is -1.22. The van der Waals surface area contributed by atoms with Crippen molar-refractivity contribution < 1.29 is 23.4 Å². The molecule has 13 heteroatoms. The fourth-order valence-corrected chi connectivity index (χ4v) is 7.60. The highest BCUT2D eigenvalue weighted by Crippen LogP contribution is 2.45. The Kier molecular flexibility index (Phi) is 6.87. The van der Waals surface area contributed by atoms with Gasteiger partial charge in [0.2, 0.25) is 17.6 Å². The first-order valence-corrected chi connectivity index (χ1v) is 15.9. The van der Waals surface area contributed by atoms with Gasteiger partial charge in [0.1, 0.15) is 5.02 Å². The number of ether oxygens (including phenoxy) is 2. The molecule has 2 aliphatic carbocycles. The van der Waals surface area contributed by atoms with E-state index in [-0.39, 0.29) is 60.8 Å². The zero-order valence-electron chi connectivity index (χ0n) is 24.1. The molecule has 8 rings (SSSR count). The van der Waals surface area contributed by atoms with Crippen LogP contribution in [0.4, 0.5) is 31.9 Å². The summed E-state index contributed by atoms with van der Waals surface area (Å²) in [7, 11) is 0. The van der Waals surface area contributed by atoms with Gasteiger partial charge in [0.05, 0.1) is 55.4 Å². The lowest BCUT2D eigenvalue weighted by atomic mass is 9.81. The van der Waals surface area contributed by atoms with Gasteiger partial charge in [-0.15, -0.1) is 0 Å². The quantitative estimate of drug-likeness (QED) is 0.349. The number of nitrogens with one attached hydrogen (secondary N) is 2. The second-order valence-electron chi connectivity index (χ2n) is 13.1. The van der Waals surface area contributed by atoms with Crippen LogP contribution in [0.15, 0.2) is 29.2 Å². The van der Waals surface area contributed by atoms with Crippen molar-refractivity contribution in [2.45, 2.75) is 81.6 Å². The van der Waals surface area contributed by atoms with E-state index in [1.807, 2.05) is 18.2 Å². The standard InChI is InChI=1S/C31H35ClF2N6O4/c32-23-12-35-30(40-19-8-21(41)9-20(40)15-43-14-19)38-28(23)36-18-3-4-25-22(7-18)26-27(44-6-5-24(37-26)17-1-2-17)29(42)39(25)13-16-10-31(33,34)11-16/h3-4,7,12,16-17,19-21,24,37,41H,1-2,5-6,8-11,13-15H2,(H,35,36,38)/t19?,20?,21?,24-/m1/s1. The van der Waals surface area contributed by atoms with Crippen LogP contribution in [0.25, 0.3) is 10.9 Å². The fraction of sp³-hybridized carbons (Fsp3) is 0.581. The van der Waals surface area contributed by atoms with Gasteiger partial charge >= 0.3 is 0 Å². The Morgan fingerprint density at radius 2 is 1.93 bits per heavy atom. The van der Waals surface area contributed by atoms with Crippen LogP contribution in [0.1, 0.15) is 44.9 Å². The maximum Gasteiger partial charge on any atom is 0.295 e. The van der Waals surface area contributed by atoms with Crippen molar-refractivity contribution in [2.75, 3.05) is 35.4 Å². The van der Waals surface area contributed by atoms with Gasteiger partial charge in [-0.05, 0) is 55.7 Å². The number of pyridine rings is 1. The number of anilines is 4.